The Labute approximate surface area is 210 Å². The van der Waals surface area contributed by atoms with Crippen LogP contribution >= 0.6 is 0 Å². The summed E-state index contributed by atoms with van der Waals surface area (Å²) in [4.78, 5) is 23.0. The average molecular weight is 482 g/mol. The van der Waals surface area contributed by atoms with Crippen molar-refractivity contribution in [2.45, 2.75) is 31.3 Å². The van der Waals surface area contributed by atoms with Gasteiger partial charge in [0.05, 0.1) is 17.3 Å². The lowest BCUT2D eigenvalue weighted by Crippen LogP contribution is -2.48. The van der Waals surface area contributed by atoms with E-state index in [0.717, 1.165) is 16.7 Å². The molecule has 2 aromatic carbocycles. The van der Waals surface area contributed by atoms with Crippen LogP contribution < -0.4 is 0 Å². The number of rotatable bonds is 5. The zero-order valence-electron chi connectivity index (χ0n) is 20.4. The summed E-state index contributed by atoms with van der Waals surface area (Å²) >= 11 is 0. The van der Waals surface area contributed by atoms with Crippen molar-refractivity contribution >= 4 is 5.91 Å². The Morgan fingerprint density at radius 3 is 2.50 bits per heavy atom. The smallest absolute Gasteiger partial charge is 0.253 e. The van der Waals surface area contributed by atoms with Crippen LogP contribution in [0.4, 0.5) is 0 Å². The number of likely N-dealkylation sites (tertiary alicyclic amines) is 1. The minimum absolute atomic E-state index is 0.0443. The molecule has 5 rings (SSSR count). The number of nitrogens with one attached hydrogen (secondary N) is 1. The van der Waals surface area contributed by atoms with E-state index in [1.54, 1.807) is 7.11 Å². The normalized spacial score (nSPS) is 17.2. The minimum atomic E-state index is -0.623. The summed E-state index contributed by atoms with van der Waals surface area (Å²) in [7, 11) is 1.66. The summed E-state index contributed by atoms with van der Waals surface area (Å²) in [6, 6.07) is 17.4. The Balaban J connectivity index is 1.38. The summed E-state index contributed by atoms with van der Waals surface area (Å²) in [5.74, 6) is 0.831. The predicted molar refractivity (Wildman–Crippen MR) is 132 cm³/mol. The molecular formula is C28H27N5O3. The lowest BCUT2D eigenvalue weighted by molar-refractivity contribution is -0.0995. The first kappa shape index (κ1) is 23.7. The fourth-order valence-corrected chi connectivity index (χ4v) is 5.00. The quantitative estimate of drug-likeness (QED) is 0.589. The Bertz CT molecular complexity index is 1370. The maximum atomic E-state index is 13.3. The van der Waals surface area contributed by atoms with Gasteiger partial charge >= 0.3 is 0 Å². The van der Waals surface area contributed by atoms with Crippen molar-refractivity contribution in [1.29, 1.82) is 10.5 Å². The second-order valence-corrected chi connectivity index (χ2v) is 9.40. The number of aromatic amines is 1. The van der Waals surface area contributed by atoms with E-state index in [0.29, 0.717) is 61.8 Å². The first-order valence-corrected chi connectivity index (χ1v) is 12.0. The number of benzene rings is 2. The van der Waals surface area contributed by atoms with Crippen molar-refractivity contribution < 1.29 is 14.3 Å². The highest BCUT2D eigenvalue weighted by Crippen LogP contribution is 2.37. The molecule has 0 atom stereocenters. The van der Waals surface area contributed by atoms with E-state index < -0.39 is 5.60 Å². The third-order valence-corrected chi connectivity index (χ3v) is 7.37. The van der Waals surface area contributed by atoms with E-state index in [1.165, 1.54) is 0 Å². The molecule has 1 aromatic heterocycles. The number of aromatic nitrogens is 2. The zero-order valence-corrected chi connectivity index (χ0v) is 20.4. The monoisotopic (exact) mass is 481 g/mol. The molecule has 0 unspecified atom stereocenters. The molecule has 3 heterocycles. The number of ether oxygens (including phenoxy) is 2. The summed E-state index contributed by atoms with van der Waals surface area (Å²) in [5, 5.41) is 18.8. The molecule has 0 spiro atoms. The van der Waals surface area contributed by atoms with Gasteiger partial charge in [-0.2, -0.15) is 10.5 Å². The molecule has 8 nitrogen and oxygen atoms in total. The van der Waals surface area contributed by atoms with Crippen LogP contribution in [-0.2, 0) is 15.1 Å². The molecule has 0 saturated carbocycles. The van der Waals surface area contributed by atoms with Gasteiger partial charge in [0.1, 0.15) is 17.5 Å². The molecule has 1 amide bonds. The van der Waals surface area contributed by atoms with Gasteiger partial charge < -0.3 is 19.4 Å². The molecule has 2 aliphatic heterocycles. The van der Waals surface area contributed by atoms with E-state index in [-0.39, 0.29) is 17.5 Å². The van der Waals surface area contributed by atoms with Gasteiger partial charge in [0.2, 0.25) is 0 Å². The summed E-state index contributed by atoms with van der Waals surface area (Å²) < 4.78 is 11.4. The molecule has 3 aromatic rings. The van der Waals surface area contributed by atoms with Gasteiger partial charge in [-0.3, -0.25) is 4.79 Å². The summed E-state index contributed by atoms with van der Waals surface area (Å²) in [6.45, 7) is 4.34. The molecule has 2 saturated heterocycles. The van der Waals surface area contributed by atoms with Gasteiger partial charge in [-0.25, -0.2) is 4.98 Å². The van der Waals surface area contributed by atoms with E-state index in [2.05, 4.69) is 22.1 Å². The van der Waals surface area contributed by atoms with Gasteiger partial charge in [0.25, 0.3) is 5.91 Å². The van der Waals surface area contributed by atoms with E-state index in [9.17, 15) is 10.1 Å². The van der Waals surface area contributed by atoms with Crippen LogP contribution in [0.15, 0.2) is 42.5 Å². The molecular weight excluding hydrogens is 454 g/mol. The number of imidazole rings is 1. The van der Waals surface area contributed by atoms with Gasteiger partial charge in [0, 0.05) is 63.3 Å². The number of hydrogen-bond acceptors (Lipinski definition) is 6. The van der Waals surface area contributed by atoms with Crippen molar-refractivity contribution in [3.63, 3.8) is 0 Å². The minimum Gasteiger partial charge on any atom is -0.381 e. The number of amides is 1. The van der Waals surface area contributed by atoms with Gasteiger partial charge in [-0.1, -0.05) is 18.2 Å². The Morgan fingerprint density at radius 1 is 1.14 bits per heavy atom. The number of methoxy groups -OCH3 is 1. The van der Waals surface area contributed by atoms with Crippen molar-refractivity contribution in [1.82, 2.24) is 14.9 Å². The highest BCUT2D eigenvalue weighted by Gasteiger charge is 2.38. The van der Waals surface area contributed by atoms with Gasteiger partial charge in [-0.15, -0.1) is 0 Å². The van der Waals surface area contributed by atoms with Crippen LogP contribution in [0.3, 0.4) is 0 Å². The third-order valence-electron chi connectivity index (χ3n) is 7.37. The van der Waals surface area contributed by atoms with Crippen molar-refractivity contribution in [2.75, 3.05) is 33.4 Å². The van der Waals surface area contributed by atoms with Crippen LogP contribution in [0, 0.1) is 29.6 Å². The number of carbonyl (C=O) groups excluding carboxylic acids is 1. The van der Waals surface area contributed by atoms with Crippen LogP contribution in [-0.4, -0.2) is 54.2 Å². The van der Waals surface area contributed by atoms with Crippen molar-refractivity contribution in [3.8, 4) is 23.4 Å². The molecule has 0 radical (unpaired) electrons. The van der Waals surface area contributed by atoms with Gasteiger partial charge in [0.15, 0.2) is 5.69 Å². The Hall–Kier alpha value is -3.98. The van der Waals surface area contributed by atoms with Gasteiger partial charge in [-0.05, 0) is 42.3 Å². The summed E-state index contributed by atoms with van der Waals surface area (Å²) in [6.07, 6.45) is 1.29. The van der Waals surface area contributed by atoms with Crippen molar-refractivity contribution in [2.24, 2.45) is 0 Å². The van der Waals surface area contributed by atoms with Crippen LogP contribution in [0.1, 0.15) is 57.3 Å². The standard InChI is InChI=1S/C28H27N5O3/c1-18-3-6-21(26(34)33-16-22(17-33)20-7-4-19(14-29)5-8-20)13-23(18)25-24(15-30)31-27(32-25)28(35-2)9-11-36-12-10-28/h3-8,13,22H,9-12,16-17H2,1-2H3,(H,31,32). The predicted octanol–water partition coefficient (Wildman–Crippen LogP) is 4.02. The van der Waals surface area contributed by atoms with Crippen LogP contribution in [0.5, 0.6) is 0 Å². The Morgan fingerprint density at radius 2 is 1.86 bits per heavy atom. The molecule has 182 valence electrons. The number of H-pyrrole nitrogens is 1. The second-order valence-electron chi connectivity index (χ2n) is 9.40. The maximum absolute atomic E-state index is 13.3. The first-order valence-electron chi connectivity index (χ1n) is 12.0. The maximum Gasteiger partial charge on any atom is 0.253 e. The lowest BCUT2D eigenvalue weighted by Gasteiger charge is -2.39. The average Bonchev–Trinajstić information content (AvgIpc) is 3.34. The van der Waals surface area contributed by atoms with Crippen LogP contribution in [0.2, 0.25) is 0 Å². The van der Waals surface area contributed by atoms with Crippen LogP contribution in [0.25, 0.3) is 11.3 Å². The number of carbonyl (C=O) groups is 1. The molecule has 8 heteroatoms. The SMILES string of the molecule is COC1(c2nc(C#N)c(-c3cc(C(=O)N4CC(c5ccc(C#N)cc5)C4)ccc3C)[nH]2)CCOCC1. The highest BCUT2D eigenvalue weighted by atomic mass is 16.5. The lowest BCUT2D eigenvalue weighted by atomic mass is 9.90. The molecule has 1 N–H and O–H groups in total. The molecule has 0 aliphatic carbocycles. The highest BCUT2D eigenvalue weighted by molar-refractivity contribution is 5.96. The largest absolute Gasteiger partial charge is 0.381 e. The molecule has 2 aliphatic rings. The fraction of sp³-hybridized carbons (Fsp3) is 0.357. The topological polar surface area (TPSA) is 115 Å². The molecule has 2 fully saturated rings. The van der Waals surface area contributed by atoms with E-state index in [4.69, 9.17) is 14.7 Å². The number of nitriles is 2. The van der Waals surface area contributed by atoms with E-state index in [1.807, 2.05) is 54.3 Å². The zero-order chi connectivity index (χ0) is 25.3. The number of hydrogen-bond donors (Lipinski definition) is 1. The Kier molecular flexibility index (Phi) is 6.32. The van der Waals surface area contributed by atoms with Crippen molar-refractivity contribution in [3.05, 3.63) is 76.2 Å². The molecule has 36 heavy (non-hydrogen) atoms. The fourth-order valence-electron chi connectivity index (χ4n) is 5.00. The van der Waals surface area contributed by atoms with E-state index >= 15 is 0 Å². The summed E-state index contributed by atoms with van der Waals surface area (Å²) in [5.41, 5.74) is 4.31. The molecule has 0 bridgehead atoms. The second kappa shape index (κ2) is 9.58. The third kappa shape index (κ3) is 4.15. The number of aryl methyl sites for hydroxylation is 1. The number of nitrogens with zero attached hydrogens (tertiary/aromatic N) is 4. The first-order chi connectivity index (χ1) is 17.5.